The largest absolute Gasteiger partial charge is 0.382 e. The van der Waals surface area contributed by atoms with Crippen LogP contribution in [-0.4, -0.2) is 65.1 Å². The van der Waals surface area contributed by atoms with Crippen LogP contribution in [0.5, 0.6) is 0 Å². The number of sulfonamides is 1. The van der Waals surface area contributed by atoms with Crippen molar-refractivity contribution in [2.24, 2.45) is 0 Å². The van der Waals surface area contributed by atoms with Crippen LogP contribution < -0.4 is 10.6 Å². The third kappa shape index (κ3) is 3.08. The zero-order valence-corrected chi connectivity index (χ0v) is 15.1. The highest BCUT2D eigenvalue weighted by Crippen LogP contribution is 2.25. The average Bonchev–Trinajstić information content (AvgIpc) is 3.05. The van der Waals surface area contributed by atoms with E-state index in [-0.39, 0.29) is 0 Å². The van der Waals surface area contributed by atoms with Gasteiger partial charge in [0.2, 0.25) is 10.0 Å². The van der Waals surface area contributed by atoms with Gasteiger partial charge in [0.1, 0.15) is 5.82 Å². The summed E-state index contributed by atoms with van der Waals surface area (Å²) >= 11 is 0. The lowest BCUT2D eigenvalue weighted by atomic mass is 10.3. The first-order valence-electron chi connectivity index (χ1n) is 8.19. The van der Waals surface area contributed by atoms with Crippen molar-refractivity contribution in [2.45, 2.75) is 0 Å². The van der Waals surface area contributed by atoms with E-state index < -0.39 is 10.0 Å². The molecule has 0 saturated carbocycles. The van der Waals surface area contributed by atoms with E-state index in [0.717, 1.165) is 11.0 Å². The molecule has 1 aliphatic rings. The molecule has 0 spiro atoms. The molecule has 1 aliphatic heterocycles. The van der Waals surface area contributed by atoms with Gasteiger partial charge in [-0.15, -0.1) is 0 Å². The molecule has 0 amide bonds. The summed E-state index contributed by atoms with van der Waals surface area (Å²) in [5.41, 5.74) is 8.23. The Bertz CT molecular complexity index is 1020. The number of rotatable bonds is 3. The second-order valence-electron chi connectivity index (χ2n) is 6.21. The van der Waals surface area contributed by atoms with Gasteiger partial charge in [-0.05, 0) is 12.1 Å². The van der Waals surface area contributed by atoms with Gasteiger partial charge in [-0.2, -0.15) is 4.31 Å². The van der Waals surface area contributed by atoms with Gasteiger partial charge in [0.25, 0.3) is 0 Å². The van der Waals surface area contributed by atoms with Crippen LogP contribution in [0.2, 0.25) is 0 Å². The Morgan fingerprint density at radius 1 is 1.12 bits per heavy atom. The maximum absolute atomic E-state index is 11.6. The number of benzene rings is 1. The number of anilines is 2. The van der Waals surface area contributed by atoms with Gasteiger partial charge in [-0.3, -0.25) is 0 Å². The molecule has 1 aromatic carbocycles. The lowest BCUT2D eigenvalue weighted by Crippen LogP contribution is -2.48. The molecule has 1 saturated heterocycles. The number of imidazole rings is 1. The van der Waals surface area contributed by atoms with Gasteiger partial charge in [-0.25, -0.2) is 23.4 Å². The van der Waals surface area contributed by atoms with E-state index in [1.54, 1.807) is 6.20 Å². The molecule has 0 aliphatic carbocycles. The maximum Gasteiger partial charge on any atom is 0.211 e. The van der Waals surface area contributed by atoms with Crippen molar-refractivity contribution in [3.63, 3.8) is 0 Å². The number of piperazine rings is 1. The van der Waals surface area contributed by atoms with Gasteiger partial charge in [0.15, 0.2) is 17.3 Å². The summed E-state index contributed by atoms with van der Waals surface area (Å²) in [7, 11) is -3.17. The molecule has 3 N–H and O–H groups in total. The number of hydrogen-bond donors (Lipinski definition) is 2. The van der Waals surface area contributed by atoms with Crippen LogP contribution in [0.3, 0.4) is 0 Å². The van der Waals surface area contributed by atoms with E-state index in [1.165, 1.54) is 10.6 Å². The molecular weight excluding hydrogens is 354 g/mol. The van der Waals surface area contributed by atoms with Crippen molar-refractivity contribution >= 4 is 32.7 Å². The predicted octanol–water partition coefficient (Wildman–Crippen LogP) is 0.684. The molecule has 9 nitrogen and oxygen atoms in total. The fourth-order valence-electron chi connectivity index (χ4n) is 3.03. The molecule has 1 fully saturated rings. The summed E-state index contributed by atoms with van der Waals surface area (Å²) in [6.45, 7) is 1.94. The van der Waals surface area contributed by atoms with Crippen LogP contribution in [0.15, 0.2) is 30.5 Å². The average molecular weight is 373 g/mol. The quantitative estimate of drug-likeness (QED) is 0.692. The summed E-state index contributed by atoms with van der Waals surface area (Å²) in [4.78, 5) is 18.6. The lowest BCUT2D eigenvalue weighted by Gasteiger charge is -2.33. The second kappa shape index (κ2) is 6.22. The monoisotopic (exact) mass is 373 g/mol. The maximum atomic E-state index is 11.6. The van der Waals surface area contributed by atoms with E-state index in [9.17, 15) is 8.42 Å². The zero-order chi connectivity index (χ0) is 18.3. The van der Waals surface area contributed by atoms with E-state index in [4.69, 9.17) is 5.73 Å². The van der Waals surface area contributed by atoms with E-state index in [1.807, 2.05) is 29.2 Å². The van der Waals surface area contributed by atoms with Crippen molar-refractivity contribution in [2.75, 3.05) is 43.1 Å². The predicted molar refractivity (Wildman–Crippen MR) is 100 cm³/mol. The lowest BCUT2D eigenvalue weighted by molar-refractivity contribution is 0.387. The molecule has 4 rings (SSSR count). The number of nitrogens with two attached hydrogens (primary N) is 1. The first-order valence-corrected chi connectivity index (χ1v) is 10.0. The van der Waals surface area contributed by atoms with Crippen molar-refractivity contribution in [3.8, 4) is 11.5 Å². The van der Waals surface area contributed by atoms with Gasteiger partial charge in [-0.1, -0.05) is 12.1 Å². The summed E-state index contributed by atoms with van der Waals surface area (Å²) < 4.78 is 24.8. The van der Waals surface area contributed by atoms with E-state index in [0.29, 0.717) is 49.3 Å². The summed E-state index contributed by atoms with van der Waals surface area (Å²) in [5.74, 6) is 1.51. The van der Waals surface area contributed by atoms with Crippen LogP contribution in [0.25, 0.3) is 22.6 Å². The third-order valence-corrected chi connectivity index (χ3v) is 5.74. The van der Waals surface area contributed by atoms with Crippen LogP contribution in [0.4, 0.5) is 11.6 Å². The van der Waals surface area contributed by atoms with Crippen molar-refractivity contribution < 1.29 is 8.42 Å². The Hall–Kier alpha value is -2.72. The molecule has 2 aromatic heterocycles. The Morgan fingerprint density at radius 2 is 1.85 bits per heavy atom. The molecule has 0 bridgehead atoms. The fourth-order valence-corrected chi connectivity index (χ4v) is 3.86. The second-order valence-corrected chi connectivity index (χ2v) is 8.20. The minimum absolute atomic E-state index is 0.294. The molecule has 0 unspecified atom stereocenters. The highest BCUT2D eigenvalue weighted by atomic mass is 32.2. The van der Waals surface area contributed by atoms with Crippen molar-refractivity contribution in [1.82, 2.24) is 24.2 Å². The number of H-pyrrole nitrogens is 1. The number of hydrogen-bond acceptors (Lipinski definition) is 7. The third-order valence-electron chi connectivity index (χ3n) is 4.43. The minimum atomic E-state index is -3.17. The summed E-state index contributed by atoms with van der Waals surface area (Å²) in [5, 5.41) is 0. The van der Waals surface area contributed by atoms with Gasteiger partial charge < -0.3 is 15.6 Å². The van der Waals surface area contributed by atoms with Crippen LogP contribution in [0, 0.1) is 0 Å². The Morgan fingerprint density at radius 3 is 2.54 bits per heavy atom. The van der Waals surface area contributed by atoms with Gasteiger partial charge >= 0.3 is 0 Å². The zero-order valence-electron chi connectivity index (χ0n) is 14.3. The fraction of sp³-hybridized carbons (Fsp3) is 0.312. The SMILES string of the molecule is CS(=O)(=O)N1CCN(c2cnc(N)c(-c3nc4ccccc4[nH]3)n2)CC1. The Kier molecular flexibility index (Phi) is 4.00. The number of aromatic amines is 1. The van der Waals surface area contributed by atoms with Crippen LogP contribution in [0.1, 0.15) is 0 Å². The van der Waals surface area contributed by atoms with Gasteiger partial charge in [0.05, 0.1) is 23.5 Å². The molecule has 3 heterocycles. The van der Waals surface area contributed by atoms with E-state index >= 15 is 0 Å². The van der Waals surface area contributed by atoms with E-state index in [2.05, 4.69) is 19.9 Å². The number of aromatic nitrogens is 4. The molecule has 10 heteroatoms. The van der Waals surface area contributed by atoms with Crippen molar-refractivity contribution in [1.29, 1.82) is 0 Å². The molecule has 0 radical (unpaired) electrons. The molecule has 0 atom stereocenters. The number of para-hydroxylation sites is 2. The highest BCUT2D eigenvalue weighted by molar-refractivity contribution is 7.88. The minimum Gasteiger partial charge on any atom is -0.382 e. The topological polar surface area (TPSA) is 121 Å². The van der Waals surface area contributed by atoms with Crippen LogP contribution in [-0.2, 0) is 10.0 Å². The smallest absolute Gasteiger partial charge is 0.211 e. The molecule has 26 heavy (non-hydrogen) atoms. The number of nitrogens with zero attached hydrogens (tertiary/aromatic N) is 5. The normalized spacial score (nSPS) is 16.3. The highest BCUT2D eigenvalue weighted by Gasteiger charge is 2.25. The van der Waals surface area contributed by atoms with Crippen molar-refractivity contribution in [3.05, 3.63) is 30.5 Å². The number of nitrogen functional groups attached to an aromatic ring is 1. The Balaban J connectivity index is 1.63. The number of fused-ring (bicyclic) bond motifs is 1. The molecule has 3 aromatic rings. The molecule has 136 valence electrons. The first-order chi connectivity index (χ1) is 12.4. The molecular formula is C16H19N7O2S. The Labute approximate surface area is 150 Å². The van der Waals surface area contributed by atoms with Crippen LogP contribution >= 0.6 is 0 Å². The van der Waals surface area contributed by atoms with Gasteiger partial charge in [0, 0.05) is 26.2 Å². The first kappa shape index (κ1) is 16.7. The summed E-state index contributed by atoms with van der Waals surface area (Å²) in [6, 6.07) is 7.69. The number of nitrogens with one attached hydrogen (secondary N) is 1. The standard InChI is InChI=1S/C16H19N7O2S/c1-26(24,25)23-8-6-22(7-9-23)13-10-18-15(17)14(21-13)16-19-11-4-2-3-5-12(11)20-16/h2-5,10H,6-9H2,1H3,(H2,17,18)(H,19,20). The summed E-state index contributed by atoms with van der Waals surface area (Å²) in [6.07, 6.45) is 2.84.